The Hall–Kier alpha value is -0.170. The molecule has 1 aromatic rings. The zero-order valence-electron chi connectivity index (χ0n) is 5.77. The number of rotatable bonds is 2. The average Bonchev–Trinajstić information content (AvgIpc) is 2.15. The molecule has 1 atom stereocenters. The van der Waals surface area contributed by atoms with Crippen molar-refractivity contribution < 1.29 is 26.7 Å². The first-order valence-electron chi connectivity index (χ1n) is 2.86. The van der Waals surface area contributed by atoms with E-state index in [2.05, 4.69) is 0 Å². The smallest absolute Gasteiger partial charge is 0.331 e. The second kappa shape index (κ2) is 4.66. The molecule has 4 nitrogen and oxygen atoms in total. The van der Waals surface area contributed by atoms with Gasteiger partial charge in [0.1, 0.15) is 19.0 Å². The Morgan fingerprint density at radius 1 is 1.73 bits per heavy atom. The minimum absolute atomic E-state index is 0. The quantitative estimate of drug-likeness (QED) is 0.363. The van der Waals surface area contributed by atoms with Crippen molar-refractivity contribution in [1.29, 1.82) is 0 Å². The third kappa shape index (κ3) is 3.15. The van der Waals surface area contributed by atoms with Crippen molar-refractivity contribution in [2.45, 2.75) is 12.8 Å². The fraction of sp³-hybridized carbons (Fsp3) is 0.400. The molecule has 0 bridgehead atoms. The molecule has 1 rings (SSSR count). The number of aliphatic hydroxyl groups excluding tert-OH is 1. The third-order valence-corrected chi connectivity index (χ3v) is 1.83. The van der Waals surface area contributed by atoms with E-state index in [1.807, 2.05) is 5.38 Å². The number of thiazole rings is 1. The number of aromatic nitrogens is 1. The second-order valence-electron chi connectivity index (χ2n) is 1.96. The van der Waals surface area contributed by atoms with Gasteiger partial charge in [-0.1, -0.05) is 11.3 Å². The molecule has 0 aliphatic rings. The van der Waals surface area contributed by atoms with E-state index in [-0.39, 0.29) is 17.0 Å². The number of aliphatic hydroxyl groups is 1. The van der Waals surface area contributed by atoms with Crippen LogP contribution in [-0.2, 0) is 6.54 Å². The number of nitrogens with zero attached hydrogens (tertiary/aromatic N) is 1. The molecule has 0 saturated carbocycles. The van der Waals surface area contributed by atoms with E-state index in [1.54, 1.807) is 10.8 Å². The van der Waals surface area contributed by atoms with Crippen LogP contribution in [0, 0.1) is 0 Å². The summed E-state index contributed by atoms with van der Waals surface area (Å²) in [4.78, 5) is 0. The van der Waals surface area contributed by atoms with E-state index in [4.69, 9.17) is 16.6 Å². The minimum Gasteiger partial charge on any atom is -1.00 e. The van der Waals surface area contributed by atoms with Gasteiger partial charge in [0, 0.05) is 5.38 Å². The topological polar surface area (TPSA) is 76.2 Å². The minimum atomic E-state index is -0.832. The molecule has 0 aliphatic carbocycles. The largest absolute Gasteiger partial charge is 1.00 e. The standard InChI is InChI=1S/C5H9N3OS.BrH/c6-4(9)3-8-1-2-10-5(8)7;/h1-2,4,7,9H,3,6H2;1H. The van der Waals surface area contributed by atoms with Crippen LogP contribution in [0.25, 0.3) is 0 Å². The van der Waals surface area contributed by atoms with Gasteiger partial charge in [-0.2, -0.15) is 0 Å². The maximum absolute atomic E-state index is 8.75. The van der Waals surface area contributed by atoms with E-state index in [1.165, 1.54) is 11.3 Å². The normalized spacial score (nSPS) is 12.2. The summed E-state index contributed by atoms with van der Waals surface area (Å²) in [5, 5.41) is 11.3. The van der Waals surface area contributed by atoms with Crippen molar-refractivity contribution in [2.75, 3.05) is 5.73 Å². The fourth-order valence-corrected chi connectivity index (χ4v) is 1.29. The van der Waals surface area contributed by atoms with E-state index in [0.29, 0.717) is 11.7 Å². The van der Waals surface area contributed by atoms with E-state index in [9.17, 15) is 0 Å². The highest BCUT2D eigenvalue weighted by Crippen LogP contribution is 2.01. The van der Waals surface area contributed by atoms with Crippen LogP contribution in [0.2, 0.25) is 0 Å². The molecule has 0 saturated heterocycles. The molecule has 5 N–H and O–H groups in total. The lowest BCUT2D eigenvalue weighted by atomic mass is 10.6. The third-order valence-electron chi connectivity index (χ3n) is 1.10. The molecule has 0 fully saturated rings. The molecule has 6 heteroatoms. The summed E-state index contributed by atoms with van der Waals surface area (Å²) in [6.45, 7) is 0.356. The summed E-state index contributed by atoms with van der Waals surface area (Å²) in [6.07, 6.45) is 0.956. The number of anilines is 1. The van der Waals surface area contributed by atoms with Crippen molar-refractivity contribution >= 4 is 16.5 Å². The summed E-state index contributed by atoms with van der Waals surface area (Å²) in [7, 11) is 0. The fourth-order valence-electron chi connectivity index (χ4n) is 0.667. The lowest BCUT2D eigenvalue weighted by Gasteiger charge is -1.99. The number of halogens is 1. The van der Waals surface area contributed by atoms with Gasteiger partial charge >= 0.3 is 5.13 Å². The molecule has 0 aliphatic heterocycles. The van der Waals surface area contributed by atoms with Crippen molar-refractivity contribution in [1.82, 2.24) is 0 Å². The van der Waals surface area contributed by atoms with Crippen LogP contribution >= 0.6 is 11.3 Å². The van der Waals surface area contributed by atoms with Gasteiger partial charge in [-0.05, 0) is 0 Å². The zero-order valence-corrected chi connectivity index (χ0v) is 8.18. The Balaban J connectivity index is 0.000001000. The summed E-state index contributed by atoms with van der Waals surface area (Å²) < 4.78 is 1.70. The predicted molar refractivity (Wildman–Crippen MR) is 39.1 cm³/mol. The molecule has 1 aromatic heterocycles. The zero-order chi connectivity index (χ0) is 7.56. The summed E-state index contributed by atoms with van der Waals surface area (Å²) in [6, 6.07) is 0. The average molecular weight is 240 g/mol. The van der Waals surface area contributed by atoms with Gasteiger partial charge in [0.25, 0.3) is 0 Å². The van der Waals surface area contributed by atoms with E-state index >= 15 is 0 Å². The maximum atomic E-state index is 8.75. The first-order valence-corrected chi connectivity index (χ1v) is 3.74. The van der Waals surface area contributed by atoms with Crippen LogP contribution < -0.4 is 33.0 Å². The first kappa shape index (κ1) is 10.8. The number of hydrogen-bond acceptors (Lipinski definition) is 4. The van der Waals surface area contributed by atoms with Crippen molar-refractivity contribution in [3.05, 3.63) is 11.6 Å². The predicted octanol–water partition coefficient (Wildman–Crippen LogP) is -4.10. The van der Waals surface area contributed by atoms with Crippen molar-refractivity contribution in [3.63, 3.8) is 0 Å². The molecule has 64 valence electrons. The van der Waals surface area contributed by atoms with Gasteiger partial charge in [0.15, 0.2) is 0 Å². The lowest BCUT2D eigenvalue weighted by Crippen LogP contribution is -3.00. The highest BCUT2D eigenvalue weighted by Gasteiger charge is 2.07. The summed E-state index contributed by atoms with van der Waals surface area (Å²) in [5.74, 6) is 0. The van der Waals surface area contributed by atoms with E-state index < -0.39 is 6.23 Å². The maximum Gasteiger partial charge on any atom is 0.331 e. The van der Waals surface area contributed by atoms with Gasteiger partial charge in [-0.15, -0.1) is 0 Å². The first-order chi connectivity index (χ1) is 4.70. The number of nitrogen functional groups attached to an aromatic ring is 1. The van der Waals surface area contributed by atoms with Crippen LogP contribution in [0.3, 0.4) is 0 Å². The van der Waals surface area contributed by atoms with Crippen LogP contribution in [0.4, 0.5) is 5.13 Å². The molecule has 1 unspecified atom stereocenters. The SMILES string of the molecule is Nc1scc[n+]1CC(N)O.[Br-]. The second-order valence-corrected chi connectivity index (χ2v) is 2.89. The molecule has 0 spiro atoms. The van der Waals surface area contributed by atoms with Crippen LogP contribution in [0.5, 0.6) is 0 Å². The lowest BCUT2D eigenvalue weighted by molar-refractivity contribution is -0.685. The van der Waals surface area contributed by atoms with Crippen LogP contribution in [0.15, 0.2) is 11.6 Å². The molecule has 0 amide bonds. The van der Waals surface area contributed by atoms with Crippen LogP contribution in [0.1, 0.15) is 0 Å². The Kier molecular flexibility index (Phi) is 4.58. The molecular formula is C5H10BrN3OS. The molecule has 1 heterocycles. The van der Waals surface area contributed by atoms with Crippen LogP contribution in [-0.4, -0.2) is 11.3 Å². The molecule has 11 heavy (non-hydrogen) atoms. The highest BCUT2D eigenvalue weighted by atomic mass is 79.9. The Bertz CT molecular complexity index is 215. The highest BCUT2D eigenvalue weighted by molar-refractivity contribution is 7.12. The van der Waals surface area contributed by atoms with E-state index in [0.717, 1.165) is 0 Å². The van der Waals surface area contributed by atoms with Gasteiger partial charge in [-0.3, -0.25) is 5.73 Å². The Labute approximate surface area is 79.2 Å². The van der Waals surface area contributed by atoms with Crippen molar-refractivity contribution in [2.24, 2.45) is 5.73 Å². The van der Waals surface area contributed by atoms with Gasteiger partial charge in [0.05, 0.1) is 0 Å². The van der Waals surface area contributed by atoms with Gasteiger partial charge in [0.2, 0.25) is 0 Å². The Morgan fingerprint density at radius 3 is 2.73 bits per heavy atom. The molecular weight excluding hydrogens is 230 g/mol. The van der Waals surface area contributed by atoms with Gasteiger partial charge < -0.3 is 27.8 Å². The summed E-state index contributed by atoms with van der Waals surface area (Å²) >= 11 is 1.42. The number of nitrogens with two attached hydrogens (primary N) is 2. The number of hydrogen-bond donors (Lipinski definition) is 3. The monoisotopic (exact) mass is 239 g/mol. The molecule has 0 aromatic carbocycles. The van der Waals surface area contributed by atoms with Crippen molar-refractivity contribution in [3.8, 4) is 0 Å². The molecule has 0 radical (unpaired) electrons. The Morgan fingerprint density at radius 2 is 2.36 bits per heavy atom. The summed E-state index contributed by atoms with van der Waals surface area (Å²) in [5.41, 5.74) is 10.6. The van der Waals surface area contributed by atoms with Gasteiger partial charge in [-0.25, -0.2) is 4.57 Å².